The maximum absolute atomic E-state index is 13.5. The van der Waals surface area contributed by atoms with E-state index in [2.05, 4.69) is 4.98 Å². The van der Waals surface area contributed by atoms with Gasteiger partial charge in [-0.3, -0.25) is 9.59 Å². The molecule has 0 atom stereocenters. The van der Waals surface area contributed by atoms with E-state index in [1.165, 1.54) is 27.3 Å². The Morgan fingerprint density at radius 2 is 1.54 bits per heavy atom. The molecule has 5 rings (SSSR count). The van der Waals surface area contributed by atoms with E-state index in [0.29, 0.717) is 33.5 Å². The predicted molar refractivity (Wildman–Crippen MR) is 136 cm³/mol. The molecule has 35 heavy (non-hydrogen) atoms. The number of H-pyrrole nitrogens is 1. The molecule has 0 aliphatic heterocycles. The standard InChI is InChI=1S/C28H24FN3O3/c1-16-6-5-7-17(2)27(16)35-24-15-31(3)25(33)13-20(24)22-14-32(4)28(34)26-21(22)12-23(30-26)18-8-10-19(29)11-9-18/h5-15,30H,1-4H3. The van der Waals surface area contributed by atoms with E-state index in [9.17, 15) is 14.0 Å². The van der Waals surface area contributed by atoms with Gasteiger partial charge in [0.1, 0.15) is 17.1 Å². The van der Waals surface area contributed by atoms with E-state index in [4.69, 9.17) is 4.74 Å². The monoisotopic (exact) mass is 469 g/mol. The molecule has 0 saturated heterocycles. The van der Waals surface area contributed by atoms with Crippen molar-refractivity contribution in [2.45, 2.75) is 13.8 Å². The number of rotatable bonds is 4. The van der Waals surface area contributed by atoms with Crippen LogP contribution in [0.1, 0.15) is 11.1 Å². The molecule has 3 heterocycles. The maximum atomic E-state index is 13.5. The Kier molecular flexibility index (Phi) is 5.40. The van der Waals surface area contributed by atoms with E-state index in [1.54, 1.807) is 38.6 Å². The first-order valence-corrected chi connectivity index (χ1v) is 11.2. The van der Waals surface area contributed by atoms with Gasteiger partial charge in [0.15, 0.2) is 5.75 Å². The van der Waals surface area contributed by atoms with Crippen molar-refractivity contribution in [3.05, 3.63) is 105 Å². The smallest absolute Gasteiger partial charge is 0.274 e. The zero-order valence-electron chi connectivity index (χ0n) is 19.8. The third kappa shape index (κ3) is 3.95. The largest absolute Gasteiger partial charge is 0.455 e. The lowest BCUT2D eigenvalue weighted by Crippen LogP contribution is -2.18. The molecular formula is C28H24FN3O3. The molecule has 1 N–H and O–H groups in total. The molecule has 2 aromatic carbocycles. The molecule has 0 radical (unpaired) electrons. The zero-order chi connectivity index (χ0) is 24.9. The minimum atomic E-state index is -0.338. The number of nitrogens with zero attached hydrogens (tertiary/aromatic N) is 2. The number of aromatic amines is 1. The summed E-state index contributed by atoms with van der Waals surface area (Å²) >= 11 is 0. The van der Waals surface area contributed by atoms with E-state index in [0.717, 1.165) is 22.4 Å². The van der Waals surface area contributed by atoms with Crippen molar-refractivity contribution in [3.8, 4) is 33.9 Å². The summed E-state index contributed by atoms with van der Waals surface area (Å²) in [5.41, 5.74) is 4.57. The number of hydrogen-bond donors (Lipinski definition) is 1. The topological polar surface area (TPSA) is 69.0 Å². The fourth-order valence-electron chi connectivity index (χ4n) is 4.30. The van der Waals surface area contributed by atoms with Crippen LogP contribution < -0.4 is 15.9 Å². The summed E-state index contributed by atoms with van der Waals surface area (Å²) in [6, 6.07) is 15.3. The molecule has 5 aromatic rings. The van der Waals surface area contributed by atoms with Crippen molar-refractivity contribution < 1.29 is 9.13 Å². The number of aryl methyl sites for hydroxylation is 4. The van der Waals surface area contributed by atoms with Crippen molar-refractivity contribution in [3.63, 3.8) is 0 Å². The minimum Gasteiger partial charge on any atom is -0.455 e. The molecule has 0 unspecified atom stereocenters. The molecule has 0 fully saturated rings. The van der Waals surface area contributed by atoms with Gasteiger partial charge in [0.2, 0.25) is 0 Å². The highest BCUT2D eigenvalue weighted by Gasteiger charge is 2.19. The zero-order valence-corrected chi connectivity index (χ0v) is 19.8. The summed E-state index contributed by atoms with van der Waals surface area (Å²) in [7, 11) is 3.33. The van der Waals surface area contributed by atoms with Gasteiger partial charge < -0.3 is 18.9 Å². The highest BCUT2D eigenvalue weighted by atomic mass is 19.1. The van der Waals surface area contributed by atoms with Crippen LogP contribution in [0.4, 0.5) is 4.39 Å². The minimum absolute atomic E-state index is 0.204. The number of halogens is 1. The number of benzene rings is 2. The van der Waals surface area contributed by atoms with Crippen molar-refractivity contribution in [1.29, 1.82) is 0 Å². The molecule has 0 aliphatic rings. The van der Waals surface area contributed by atoms with E-state index >= 15 is 0 Å². The van der Waals surface area contributed by atoms with Gasteiger partial charge in [-0.05, 0) is 60.9 Å². The van der Waals surface area contributed by atoms with Gasteiger partial charge in [0.05, 0.1) is 6.20 Å². The number of hydrogen-bond acceptors (Lipinski definition) is 3. The summed E-state index contributed by atoms with van der Waals surface area (Å²) in [6.45, 7) is 3.94. The van der Waals surface area contributed by atoms with Crippen molar-refractivity contribution in [2.24, 2.45) is 14.1 Å². The van der Waals surface area contributed by atoms with Crippen LogP contribution in [0.2, 0.25) is 0 Å². The van der Waals surface area contributed by atoms with Gasteiger partial charge in [-0.25, -0.2) is 4.39 Å². The quantitative estimate of drug-likeness (QED) is 0.381. The van der Waals surface area contributed by atoms with Gasteiger partial charge in [0, 0.05) is 48.6 Å². The van der Waals surface area contributed by atoms with E-state index in [-0.39, 0.29) is 16.9 Å². The first kappa shape index (κ1) is 22.4. The third-order valence-corrected chi connectivity index (χ3v) is 6.22. The second-order valence-electron chi connectivity index (χ2n) is 8.76. The van der Waals surface area contributed by atoms with Gasteiger partial charge in [0.25, 0.3) is 11.1 Å². The van der Waals surface area contributed by atoms with Crippen molar-refractivity contribution in [1.82, 2.24) is 14.1 Å². The second-order valence-corrected chi connectivity index (χ2v) is 8.76. The van der Waals surface area contributed by atoms with Crippen LogP contribution in [0.3, 0.4) is 0 Å². The van der Waals surface area contributed by atoms with Crippen LogP contribution in [0.15, 0.2) is 76.6 Å². The van der Waals surface area contributed by atoms with Crippen LogP contribution >= 0.6 is 0 Å². The van der Waals surface area contributed by atoms with Crippen molar-refractivity contribution >= 4 is 10.9 Å². The van der Waals surface area contributed by atoms with Gasteiger partial charge in [-0.15, -0.1) is 0 Å². The second kappa shape index (κ2) is 8.43. The maximum Gasteiger partial charge on any atom is 0.274 e. The molecular weight excluding hydrogens is 445 g/mol. The fraction of sp³-hybridized carbons (Fsp3) is 0.143. The Balaban J connectivity index is 1.76. The Hall–Kier alpha value is -4.39. The Morgan fingerprint density at radius 3 is 2.23 bits per heavy atom. The molecule has 0 saturated carbocycles. The van der Waals surface area contributed by atoms with Crippen LogP contribution in [0.25, 0.3) is 33.3 Å². The Labute approximate surface area is 200 Å². The fourth-order valence-corrected chi connectivity index (χ4v) is 4.30. The number of nitrogens with one attached hydrogen (secondary N) is 1. The summed E-state index contributed by atoms with van der Waals surface area (Å²) in [5.74, 6) is 0.874. The lowest BCUT2D eigenvalue weighted by molar-refractivity contribution is 0.470. The van der Waals surface area contributed by atoms with Gasteiger partial charge in [-0.2, -0.15) is 0 Å². The Bertz CT molecular complexity index is 1690. The van der Waals surface area contributed by atoms with Crippen LogP contribution in [0.5, 0.6) is 11.5 Å². The lowest BCUT2D eigenvalue weighted by atomic mass is 10.0. The molecule has 3 aromatic heterocycles. The molecule has 176 valence electrons. The predicted octanol–water partition coefficient (Wildman–Crippen LogP) is 5.45. The number of pyridine rings is 2. The van der Waals surface area contributed by atoms with Gasteiger partial charge in [-0.1, -0.05) is 18.2 Å². The highest BCUT2D eigenvalue weighted by molar-refractivity contribution is 5.98. The third-order valence-electron chi connectivity index (χ3n) is 6.22. The number of ether oxygens (including phenoxy) is 1. The molecule has 0 amide bonds. The highest BCUT2D eigenvalue weighted by Crippen LogP contribution is 2.38. The van der Waals surface area contributed by atoms with Crippen molar-refractivity contribution in [2.75, 3.05) is 0 Å². The first-order chi connectivity index (χ1) is 16.7. The first-order valence-electron chi connectivity index (χ1n) is 11.2. The summed E-state index contributed by atoms with van der Waals surface area (Å²) in [6.07, 6.45) is 3.37. The number of fused-ring (bicyclic) bond motifs is 1. The lowest BCUT2D eigenvalue weighted by Gasteiger charge is -2.17. The number of aromatic nitrogens is 3. The Morgan fingerprint density at radius 1 is 0.857 bits per heavy atom. The average Bonchev–Trinajstić information content (AvgIpc) is 3.27. The van der Waals surface area contributed by atoms with E-state index in [1.807, 2.05) is 38.1 Å². The SMILES string of the molecule is Cc1cccc(C)c1Oc1cn(C)c(=O)cc1-c1cn(C)c(=O)c2[nH]c(-c3ccc(F)cc3)cc12. The van der Waals surface area contributed by atoms with Crippen LogP contribution in [-0.4, -0.2) is 14.1 Å². The van der Waals surface area contributed by atoms with Crippen LogP contribution in [-0.2, 0) is 14.1 Å². The number of para-hydroxylation sites is 1. The molecule has 6 nitrogen and oxygen atoms in total. The summed E-state index contributed by atoms with van der Waals surface area (Å²) in [4.78, 5) is 28.8. The molecule has 0 aliphatic carbocycles. The summed E-state index contributed by atoms with van der Waals surface area (Å²) in [5, 5.41) is 0.645. The van der Waals surface area contributed by atoms with Crippen LogP contribution in [0, 0.1) is 19.7 Å². The summed E-state index contributed by atoms with van der Waals surface area (Å²) < 4.78 is 22.8. The average molecular weight is 470 g/mol. The van der Waals surface area contributed by atoms with E-state index < -0.39 is 0 Å². The van der Waals surface area contributed by atoms with Gasteiger partial charge >= 0.3 is 0 Å². The molecule has 7 heteroatoms. The normalized spacial score (nSPS) is 11.2. The molecule has 0 spiro atoms. The molecule has 0 bridgehead atoms.